The number of hydrogen-bond acceptors (Lipinski definition) is 18. The molecular weight excluding hydrogens is 1830 g/mol. The molecule has 8 aromatic carbocycles. The van der Waals surface area contributed by atoms with Crippen LogP contribution in [0, 0.1) is 57.4 Å². The maximum Gasteiger partial charge on any atom is 0.259 e. The van der Waals surface area contributed by atoms with Crippen molar-refractivity contribution in [3.8, 4) is 0 Å². The molecule has 2 fully saturated rings. The molecule has 0 spiro atoms. The number of piperidine rings is 1. The number of pyridine rings is 4. The molecule has 28 nitrogen and oxygen atoms in total. The molecule has 134 heavy (non-hydrogen) atoms. The Hall–Kier alpha value is -15.0. The van der Waals surface area contributed by atoms with E-state index >= 15 is 0 Å². The second kappa shape index (κ2) is 45.3. The Balaban J connectivity index is 0.000000161. The van der Waals surface area contributed by atoms with Gasteiger partial charge in [-0.25, -0.2) is 55.1 Å². The lowest BCUT2D eigenvalue weighted by Crippen LogP contribution is -2.38. The van der Waals surface area contributed by atoms with Crippen molar-refractivity contribution >= 4 is 157 Å². The van der Waals surface area contributed by atoms with E-state index in [-0.39, 0.29) is 103 Å². The van der Waals surface area contributed by atoms with Gasteiger partial charge in [0.05, 0.1) is 77.8 Å². The number of likely N-dealkylation sites (tertiary alicyclic amines) is 2. The summed E-state index contributed by atoms with van der Waals surface area (Å²) in [4.78, 5) is 130. The predicted octanol–water partition coefficient (Wildman–Crippen LogP) is 18.5. The number of aromatic nitrogens is 4. The van der Waals surface area contributed by atoms with Crippen molar-refractivity contribution in [1.29, 1.82) is 10.8 Å². The van der Waals surface area contributed by atoms with E-state index < -0.39 is 93.8 Å². The van der Waals surface area contributed by atoms with Crippen molar-refractivity contribution in [2.45, 2.75) is 38.3 Å². The summed E-state index contributed by atoms with van der Waals surface area (Å²) in [5.41, 5.74) is 8.43. The van der Waals surface area contributed by atoms with Crippen LogP contribution in [0.3, 0.4) is 0 Å². The maximum atomic E-state index is 14.0. The number of likely N-dealkylation sites (N-methyl/N-ethyl adjacent to an activating group) is 1. The molecule has 3 aliphatic heterocycles. The van der Waals surface area contributed by atoms with E-state index in [0.29, 0.717) is 61.8 Å². The number of rotatable bonds is 21. The SMILES string of the molecule is CN(C)C(=N)c1ccc(C(=O)Nc2cc(F)c(F)cc2C(=O)Nc2ccc(Cl)cn2)cc1.CN1CCN=C1c1ccc(C(=O)Nc2cc(F)c(F)cc2C(=O)Nc2ccc(Cl)cn2)cc1.N=C(c1ccc(C(=O)Nc2cc(F)c(F)cc2C(=O)Nc2ccc(Cl)cn2)cc1)N1CCCC1.NC(c1ccc(C(=O)Nc2cc(F)c(F)cc2C(=O)Nc2ccc(Cl)cn2)cc1)N1CCCCC1. The molecule has 8 amide bonds. The summed E-state index contributed by atoms with van der Waals surface area (Å²) in [6, 6.07) is 43.6. The van der Waals surface area contributed by atoms with Crippen molar-refractivity contribution in [2.24, 2.45) is 10.7 Å². The number of nitrogens with two attached hydrogens (primary N) is 1. The molecule has 40 heteroatoms. The van der Waals surface area contributed by atoms with Crippen LogP contribution in [0.15, 0.2) is 224 Å². The minimum Gasteiger partial charge on any atom is -0.363 e. The molecule has 2 saturated heterocycles. The topological polar surface area (TPSA) is 383 Å². The standard InChI is InChI=1S/C25H24ClF2N5O2.C24H20ClF2N5O2.C23H18ClF2N5O2.C22H18ClF2N5O2/c26-17-8-9-22(30-14-17)32-25(35)18-12-19(27)20(28)13-21(18)31-24(34)16-6-4-15(5-7-16)23(29)33-10-2-1-3-11-33;25-16-7-8-21(29-13-16)31-24(34)17-11-18(26)19(27)12-20(17)30-23(33)15-5-3-14(4-6-15)22(28)32-9-1-2-10-32;1-31-9-8-27-21(31)13-2-4-14(5-3-13)22(32)29-19-11-18(26)17(25)10-16(19)23(33)30-20-7-6-15(24)12-28-20;1-30(2)20(26)12-3-5-13(6-4-12)21(31)28-18-10-17(25)16(24)9-15(18)22(32)29-19-8-7-14(23)11-27-19/h4-9,12-14,23H,1-3,10-11,29H2,(H,31,34)(H,30,32,35);3-8,11-13,28H,1-2,9-10H2,(H,30,33)(H,29,31,34);2-7,10-12H,8-9H2,1H3,(H,29,32)(H,28,30,33);3-11,26H,1-2H3,(H,28,31)(H,27,29,32). The van der Waals surface area contributed by atoms with Gasteiger partial charge in [0.25, 0.3) is 47.3 Å². The maximum absolute atomic E-state index is 14.0. The van der Waals surface area contributed by atoms with Crippen LogP contribution >= 0.6 is 46.4 Å². The van der Waals surface area contributed by atoms with Crippen molar-refractivity contribution < 1.29 is 73.5 Å². The van der Waals surface area contributed by atoms with Gasteiger partial charge in [0.15, 0.2) is 46.5 Å². The first-order chi connectivity index (χ1) is 64.1. The average molecular weight is 1910 g/mol. The second-order valence-corrected chi connectivity index (χ2v) is 31.9. The van der Waals surface area contributed by atoms with E-state index in [9.17, 15) is 73.5 Å². The lowest BCUT2D eigenvalue weighted by Gasteiger charge is -2.32. The third-order valence-electron chi connectivity index (χ3n) is 20.6. The van der Waals surface area contributed by atoms with Gasteiger partial charge in [-0.1, -0.05) is 101 Å². The molecule has 12 N–H and O–H groups in total. The van der Waals surface area contributed by atoms with Gasteiger partial charge in [0.1, 0.15) is 40.8 Å². The molecule has 7 heterocycles. The van der Waals surface area contributed by atoms with Gasteiger partial charge in [-0.15, -0.1) is 0 Å². The lowest BCUT2D eigenvalue weighted by atomic mass is 10.1. The van der Waals surface area contributed by atoms with Gasteiger partial charge >= 0.3 is 0 Å². The second-order valence-electron chi connectivity index (χ2n) is 30.1. The monoisotopic (exact) mass is 1910 g/mol. The smallest absolute Gasteiger partial charge is 0.259 e. The highest BCUT2D eigenvalue weighted by atomic mass is 35.5. The van der Waals surface area contributed by atoms with Gasteiger partial charge in [0, 0.05) is 129 Å². The predicted molar refractivity (Wildman–Crippen MR) is 496 cm³/mol. The van der Waals surface area contributed by atoms with Crippen molar-refractivity contribution in [2.75, 3.05) is 103 Å². The Bertz CT molecular complexity index is 6440. The average Bonchev–Trinajstić information content (AvgIpc) is 1.58. The Morgan fingerprint density at radius 1 is 0.358 bits per heavy atom. The normalized spacial score (nSPS) is 12.9. The molecule has 1 atom stereocenters. The fraction of sp³-hybridized carbons (Fsp3) is 0.160. The molecule has 1 unspecified atom stereocenters. The first-order valence-electron chi connectivity index (χ1n) is 40.8. The molecule has 0 aliphatic carbocycles. The molecule has 12 aromatic rings. The third kappa shape index (κ3) is 26.0. The Labute approximate surface area is 780 Å². The van der Waals surface area contributed by atoms with Crippen LogP contribution in [-0.4, -0.2) is 165 Å². The molecule has 4 aromatic heterocycles. The zero-order valence-corrected chi connectivity index (χ0v) is 74.1. The Kier molecular flexibility index (Phi) is 33.1. The number of amidine groups is 3. The summed E-state index contributed by atoms with van der Waals surface area (Å²) < 4.78 is 111. The van der Waals surface area contributed by atoms with Crippen LogP contribution < -0.4 is 48.3 Å². The van der Waals surface area contributed by atoms with E-state index in [1.165, 1.54) is 104 Å². The highest BCUT2D eigenvalue weighted by Gasteiger charge is 2.28. The summed E-state index contributed by atoms with van der Waals surface area (Å²) >= 11 is 23.1. The molecular formula is C94H80Cl4F8N20O8. The lowest BCUT2D eigenvalue weighted by molar-refractivity contribution is 0.101. The van der Waals surface area contributed by atoms with Crippen LogP contribution in [0.1, 0.15) is 143 Å². The number of aliphatic imine (C=N–C) groups is 1. The third-order valence-corrected chi connectivity index (χ3v) is 21.5. The minimum atomic E-state index is -1.25. The number of halogens is 12. The minimum absolute atomic E-state index is 0.139. The number of carbonyl (C=O) groups excluding carboxylic acids is 8. The van der Waals surface area contributed by atoms with E-state index in [2.05, 4.69) is 72.4 Å². The molecule has 15 rings (SSSR count). The van der Waals surface area contributed by atoms with E-state index in [4.69, 9.17) is 63.0 Å². The Morgan fingerprint density at radius 2 is 0.642 bits per heavy atom. The summed E-state index contributed by atoms with van der Waals surface area (Å²) in [6.07, 6.45) is 10.5. The quantitative estimate of drug-likeness (QED) is 0.0181. The molecule has 0 saturated carbocycles. The van der Waals surface area contributed by atoms with Gasteiger partial charge in [-0.05, 0) is 166 Å². The summed E-state index contributed by atoms with van der Waals surface area (Å²) in [6.45, 7) is 5.04. The Morgan fingerprint density at radius 3 is 0.933 bits per heavy atom. The van der Waals surface area contributed by atoms with Gasteiger partial charge in [-0.3, -0.25) is 59.1 Å². The summed E-state index contributed by atoms with van der Waals surface area (Å²) in [7, 11) is 5.37. The van der Waals surface area contributed by atoms with Crippen molar-refractivity contribution in [3.05, 3.63) is 352 Å². The first-order valence-corrected chi connectivity index (χ1v) is 42.3. The fourth-order valence-electron chi connectivity index (χ4n) is 13.5. The van der Waals surface area contributed by atoms with Gasteiger partial charge in [0.2, 0.25) is 0 Å². The number of amides is 8. The highest BCUT2D eigenvalue weighted by molar-refractivity contribution is 6.31. The zero-order chi connectivity index (χ0) is 96.1. The van der Waals surface area contributed by atoms with Gasteiger partial charge < -0.3 is 63.0 Å². The van der Waals surface area contributed by atoms with Gasteiger partial charge in [-0.2, -0.15) is 0 Å². The molecule has 0 bridgehead atoms. The number of carbonyl (C=O) groups is 8. The van der Waals surface area contributed by atoms with E-state index in [0.717, 1.165) is 106 Å². The van der Waals surface area contributed by atoms with Crippen molar-refractivity contribution in [3.63, 3.8) is 0 Å². The van der Waals surface area contributed by atoms with Crippen LogP contribution in [0.25, 0.3) is 0 Å². The largest absolute Gasteiger partial charge is 0.363 e. The van der Waals surface area contributed by atoms with Crippen LogP contribution in [-0.2, 0) is 0 Å². The highest BCUT2D eigenvalue weighted by Crippen LogP contribution is 2.31. The number of benzene rings is 8. The zero-order valence-electron chi connectivity index (χ0n) is 71.0. The van der Waals surface area contributed by atoms with Crippen molar-refractivity contribution in [1.82, 2.24) is 39.5 Å². The number of nitrogens with one attached hydrogen (secondary N) is 10. The van der Waals surface area contributed by atoms with Crippen LogP contribution in [0.5, 0.6) is 0 Å². The molecule has 0 radical (unpaired) electrons. The van der Waals surface area contributed by atoms with Crippen LogP contribution in [0.2, 0.25) is 20.1 Å². The summed E-state index contributed by atoms with van der Waals surface area (Å²) in [5, 5.41) is 37.4. The van der Waals surface area contributed by atoms with E-state index in [1.54, 1.807) is 91.8 Å². The molecule has 3 aliphatic rings. The molecule has 688 valence electrons. The fourth-order valence-corrected chi connectivity index (χ4v) is 13.9. The van der Waals surface area contributed by atoms with Crippen LogP contribution in [0.4, 0.5) is 81.1 Å². The number of hydrogen-bond donors (Lipinski definition) is 11. The van der Waals surface area contributed by atoms with E-state index in [1.807, 2.05) is 16.8 Å². The number of nitrogens with zero attached hydrogens (tertiary/aromatic N) is 9. The summed E-state index contributed by atoms with van der Waals surface area (Å²) in [5.74, 6) is -13.3. The number of anilines is 8. The first kappa shape index (κ1) is 98.1.